The maximum Gasteiger partial charge on any atom is 0.335 e. The van der Waals surface area contributed by atoms with Crippen LogP contribution in [-0.2, 0) is 6.54 Å². The maximum atomic E-state index is 11.4. The molecule has 2 aromatic heterocycles. The van der Waals surface area contributed by atoms with Gasteiger partial charge in [0.05, 0.1) is 18.4 Å². The van der Waals surface area contributed by atoms with Gasteiger partial charge in [-0.05, 0) is 72.6 Å². The summed E-state index contributed by atoms with van der Waals surface area (Å²) >= 11 is 0. The van der Waals surface area contributed by atoms with Gasteiger partial charge in [-0.2, -0.15) is 0 Å². The highest BCUT2D eigenvalue weighted by Crippen LogP contribution is 2.36. The van der Waals surface area contributed by atoms with Gasteiger partial charge in [0.25, 0.3) is 0 Å². The predicted molar refractivity (Wildman–Crippen MR) is 132 cm³/mol. The van der Waals surface area contributed by atoms with Gasteiger partial charge in [0, 0.05) is 23.7 Å². The van der Waals surface area contributed by atoms with Crippen molar-refractivity contribution in [3.8, 4) is 28.1 Å². The van der Waals surface area contributed by atoms with E-state index in [9.17, 15) is 9.90 Å². The number of hydrogen-bond donors (Lipinski definition) is 2. The third-order valence-electron chi connectivity index (χ3n) is 6.15. The van der Waals surface area contributed by atoms with Crippen LogP contribution in [0.3, 0.4) is 0 Å². The quantitative estimate of drug-likeness (QED) is 0.362. The molecule has 0 unspecified atom stereocenters. The molecule has 0 aliphatic carbocycles. The number of aromatic nitrogens is 2. The average molecular weight is 444 g/mol. The summed E-state index contributed by atoms with van der Waals surface area (Å²) in [5.74, 6) is -0.118. The molecule has 0 aliphatic heterocycles. The van der Waals surface area contributed by atoms with Gasteiger partial charge in [0.15, 0.2) is 0 Å². The molecule has 2 aromatic carbocycles. The highest BCUT2D eigenvalue weighted by Gasteiger charge is 2.15. The molecule has 4 rings (SSSR count). The molecule has 6 heteroatoms. The topological polar surface area (TPSA) is 78.4 Å². The van der Waals surface area contributed by atoms with Gasteiger partial charge in [-0.15, -0.1) is 0 Å². The van der Waals surface area contributed by atoms with E-state index in [0.29, 0.717) is 5.56 Å². The Bertz CT molecular complexity index is 1310. The Kier molecular flexibility index (Phi) is 6.47. The van der Waals surface area contributed by atoms with Crippen molar-refractivity contribution in [1.29, 1.82) is 0 Å². The minimum absolute atomic E-state index is 0.313. The van der Waals surface area contributed by atoms with Crippen molar-refractivity contribution in [2.75, 3.05) is 20.2 Å². The zero-order valence-electron chi connectivity index (χ0n) is 19.5. The summed E-state index contributed by atoms with van der Waals surface area (Å²) in [5, 5.41) is 10.3. The molecule has 4 aromatic rings. The van der Waals surface area contributed by atoms with Gasteiger partial charge in [0.1, 0.15) is 11.4 Å². The molecule has 0 saturated carbocycles. The number of pyridine rings is 1. The molecule has 0 spiro atoms. The Balaban J connectivity index is 1.80. The van der Waals surface area contributed by atoms with E-state index in [-0.39, 0.29) is 0 Å². The van der Waals surface area contributed by atoms with Crippen molar-refractivity contribution < 1.29 is 14.6 Å². The second kappa shape index (κ2) is 9.46. The molecule has 33 heavy (non-hydrogen) atoms. The number of methoxy groups -OCH3 is 1. The van der Waals surface area contributed by atoms with E-state index in [1.54, 1.807) is 19.4 Å². The molecule has 0 bridgehead atoms. The molecule has 0 atom stereocenters. The van der Waals surface area contributed by atoms with Crippen LogP contribution in [0.2, 0.25) is 0 Å². The number of fused-ring (bicyclic) bond motifs is 1. The summed E-state index contributed by atoms with van der Waals surface area (Å²) in [6, 6.07) is 15.8. The first-order valence-electron chi connectivity index (χ1n) is 11.2. The fourth-order valence-electron chi connectivity index (χ4n) is 4.26. The first-order chi connectivity index (χ1) is 15.9. The van der Waals surface area contributed by atoms with Crippen molar-refractivity contribution in [1.82, 2.24) is 14.9 Å². The minimum Gasteiger partial charge on any atom is -0.496 e. The standard InChI is InChI=1S/C27H29N3O3/c1-5-30(6-2)16-18-7-10-25(33-4)23(14-18)24-15-22-21(11-12-28-26(22)29-24)19-8-9-20(27(31)32)17(3)13-19/h7-15H,5-6,16H2,1-4H3,(H,28,29)(H,31,32). The molecule has 0 aliphatic rings. The van der Waals surface area contributed by atoms with Gasteiger partial charge >= 0.3 is 5.97 Å². The van der Waals surface area contributed by atoms with Crippen molar-refractivity contribution in [3.63, 3.8) is 0 Å². The summed E-state index contributed by atoms with van der Waals surface area (Å²) in [7, 11) is 1.68. The summed E-state index contributed by atoms with van der Waals surface area (Å²) in [6.07, 6.45) is 1.77. The lowest BCUT2D eigenvalue weighted by molar-refractivity contribution is 0.0696. The normalized spacial score (nSPS) is 11.3. The lowest BCUT2D eigenvalue weighted by Gasteiger charge is -2.19. The molecule has 2 heterocycles. The van der Waals surface area contributed by atoms with Crippen LogP contribution in [0.5, 0.6) is 5.75 Å². The molecule has 0 radical (unpaired) electrons. The zero-order chi connectivity index (χ0) is 23.5. The van der Waals surface area contributed by atoms with Crippen LogP contribution in [0, 0.1) is 6.92 Å². The number of aromatic carboxylic acids is 1. The lowest BCUT2D eigenvalue weighted by Crippen LogP contribution is -2.22. The van der Waals surface area contributed by atoms with Crippen LogP contribution >= 0.6 is 0 Å². The third-order valence-corrected chi connectivity index (χ3v) is 6.15. The second-order valence-electron chi connectivity index (χ2n) is 8.13. The molecule has 6 nitrogen and oxygen atoms in total. The molecule has 2 N–H and O–H groups in total. The number of carbonyl (C=O) groups is 1. The molecular formula is C27H29N3O3. The molecule has 170 valence electrons. The van der Waals surface area contributed by atoms with Crippen LogP contribution in [0.1, 0.15) is 35.3 Å². The van der Waals surface area contributed by atoms with Crippen LogP contribution in [-0.4, -0.2) is 46.1 Å². The summed E-state index contributed by atoms with van der Waals surface area (Å²) in [5.41, 5.74) is 6.92. The summed E-state index contributed by atoms with van der Waals surface area (Å²) in [6.45, 7) is 9.03. The van der Waals surface area contributed by atoms with Crippen LogP contribution in [0.15, 0.2) is 54.7 Å². The predicted octanol–water partition coefficient (Wildman–Crippen LogP) is 5.75. The number of nitrogens with one attached hydrogen (secondary N) is 1. The van der Waals surface area contributed by atoms with E-state index in [1.807, 2.05) is 31.2 Å². The number of benzene rings is 2. The van der Waals surface area contributed by atoms with Gasteiger partial charge in [-0.3, -0.25) is 4.90 Å². The number of carboxylic acid groups (broad SMARTS) is 1. The lowest BCUT2D eigenvalue weighted by atomic mass is 9.98. The molecular weight excluding hydrogens is 414 g/mol. The number of hydrogen-bond acceptors (Lipinski definition) is 4. The number of nitrogens with zero attached hydrogens (tertiary/aromatic N) is 2. The monoisotopic (exact) mass is 443 g/mol. The smallest absolute Gasteiger partial charge is 0.335 e. The van der Waals surface area contributed by atoms with Gasteiger partial charge in [0.2, 0.25) is 0 Å². The van der Waals surface area contributed by atoms with E-state index in [0.717, 1.165) is 64.4 Å². The van der Waals surface area contributed by atoms with Crippen LogP contribution in [0.4, 0.5) is 0 Å². The third kappa shape index (κ3) is 4.47. The van der Waals surface area contributed by atoms with Gasteiger partial charge in [-0.25, -0.2) is 9.78 Å². The summed E-state index contributed by atoms with van der Waals surface area (Å²) < 4.78 is 5.66. The van der Waals surface area contributed by atoms with E-state index in [4.69, 9.17) is 4.74 Å². The van der Waals surface area contributed by atoms with Crippen LogP contribution in [0.25, 0.3) is 33.4 Å². The molecule has 0 amide bonds. The van der Waals surface area contributed by atoms with Gasteiger partial charge in [-0.1, -0.05) is 32.0 Å². The number of aryl methyl sites for hydroxylation is 1. The SMILES string of the molecule is CCN(CC)Cc1ccc(OC)c(-c2cc3c(-c4ccc(C(=O)O)c(C)c4)ccnc3[nH]2)c1. The Morgan fingerprint density at radius 3 is 2.52 bits per heavy atom. The van der Waals surface area contributed by atoms with E-state index < -0.39 is 5.97 Å². The fourth-order valence-corrected chi connectivity index (χ4v) is 4.26. The number of carboxylic acids is 1. The largest absolute Gasteiger partial charge is 0.496 e. The van der Waals surface area contributed by atoms with E-state index in [1.165, 1.54) is 5.56 Å². The van der Waals surface area contributed by atoms with Gasteiger partial charge < -0.3 is 14.8 Å². The Morgan fingerprint density at radius 2 is 1.85 bits per heavy atom. The first kappa shape index (κ1) is 22.6. The second-order valence-corrected chi connectivity index (χ2v) is 8.13. The Labute approximate surface area is 193 Å². The van der Waals surface area contributed by atoms with Crippen molar-refractivity contribution >= 4 is 17.0 Å². The Morgan fingerprint density at radius 1 is 1.06 bits per heavy atom. The minimum atomic E-state index is -0.917. The average Bonchev–Trinajstić information content (AvgIpc) is 3.26. The zero-order valence-corrected chi connectivity index (χ0v) is 19.5. The Hall–Kier alpha value is -3.64. The highest BCUT2D eigenvalue weighted by atomic mass is 16.5. The first-order valence-corrected chi connectivity index (χ1v) is 11.2. The van der Waals surface area contributed by atoms with Crippen molar-refractivity contribution in [3.05, 3.63) is 71.4 Å². The maximum absolute atomic E-state index is 11.4. The fraction of sp³-hybridized carbons (Fsp3) is 0.259. The molecule has 0 saturated heterocycles. The van der Waals surface area contributed by atoms with Crippen molar-refractivity contribution in [2.45, 2.75) is 27.3 Å². The molecule has 0 fully saturated rings. The highest BCUT2D eigenvalue weighted by molar-refractivity contribution is 5.97. The van der Waals surface area contributed by atoms with E-state index >= 15 is 0 Å². The number of ether oxygens (including phenoxy) is 1. The summed E-state index contributed by atoms with van der Waals surface area (Å²) in [4.78, 5) is 21.8. The van der Waals surface area contributed by atoms with Crippen molar-refractivity contribution in [2.24, 2.45) is 0 Å². The van der Waals surface area contributed by atoms with Crippen LogP contribution < -0.4 is 4.74 Å². The number of aromatic amines is 1. The van der Waals surface area contributed by atoms with E-state index in [2.05, 4.69) is 46.9 Å². The number of H-pyrrole nitrogens is 1. The number of rotatable bonds is 8.